The third-order valence-corrected chi connectivity index (χ3v) is 4.17. The van der Waals surface area contributed by atoms with Crippen LogP contribution in [0.1, 0.15) is 45.1 Å². The Bertz CT molecular complexity index is 409. The fraction of sp³-hybridized carbons (Fsp3) is 0.647. The molecule has 0 bridgehead atoms. The number of rotatable bonds is 5. The van der Waals surface area contributed by atoms with E-state index in [-0.39, 0.29) is 0 Å². The first kappa shape index (κ1) is 15.7. The van der Waals surface area contributed by atoms with E-state index in [1.54, 1.807) is 0 Å². The van der Waals surface area contributed by atoms with Gasteiger partial charge in [0.05, 0.1) is 10.7 Å². The molecule has 1 heterocycles. The van der Waals surface area contributed by atoms with Gasteiger partial charge in [0.25, 0.3) is 0 Å². The summed E-state index contributed by atoms with van der Waals surface area (Å²) in [5, 5.41) is 4.44. The maximum atomic E-state index is 6.49. The summed E-state index contributed by atoms with van der Waals surface area (Å²) >= 11 is 6.49. The first-order valence-corrected chi connectivity index (χ1v) is 8.29. The smallest absolute Gasteiger partial charge is 0.0642 e. The summed E-state index contributed by atoms with van der Waals surface area (Å²) in [4.78, 5) is 2.49. The fourth-order valence-electron chi connectivity index (χ4n) is 2.85. The average Bonchev–Trinajstić information content (AvgIpc) is 2.67. The summed E-state index contributed by atoms with van der Waals surface area (Å²) in [7, 11) is 0. The van der Waals surface area contributed by atoms with Crippen molar-refractivity contribution in [3.05, 3.63) is 28.8 Å². The molecule has 0 saturated carbocycles. The van der Waals surface area contributed by atoms with Crippen molar-refractivity contribution in [3.8, 4) is 0 Å². The zero-order valence-corrected chi connectivity index (χ0v) is 13.5. The van der Waals surface area contributed by atoms with Crippen LogP contribution >= 0.6 is 11.6 Å². The molecule has 0 radical (unpaired) electrons. The first-order valence-electron chi connectivity index (χ1n) is 7.91. The molecule has 0 atom stereocenters. The van der Waals surface area contributed by atoms with Gasteiger partial charge in [0.2, 0.25) is 0 Å². The summed E-state index contributed by atoms with van der Waals surface area (Å²) in [5.41, 5.74) is 2.59. The van der Waals surface area contributed by atoms with Crippen molar-refractivity contribution >= 4 is 17.3 Å². The van der Waals surface area contributed by atoms with Gasteiger partial charge in [-0.15, -0.1) is 0 Å². The molecule has 1 N–H and O–H groups in total. The minimum absolute atomic E-state index is 0.677. The highest BCUT2D eigenvalue weighted by molar-refractivity contribution is 6.33. The van der Waals surface area contributed by atoms with Gasteiger partial charge in [-0.1, -0.05) is 50.4 Å². The van der Waals surface area contributed by atoms with Crippen LogP contribution in [0.5, 0.6) is 0 Å². The van der Waals surface area contributed by atoms with Crippen LogP contribution in [0.25, 0.3) is 0 Å². The van der Waals surface area contributed by atoms with Crippen LogP contribution in [0.4, 0.5) is 5.69 Å². The number of halogens is 1. The first-order chi connectivity index (χ1) is 9.68. The second-order valence-electron chi connectivity index (χ2n) is 6.17. The highest BCUT2D eigenvalue weighted by Gasteiger charge is 2.16. The van der Waals surface area contributed by atoms with Crippen LogP contribution in [0.2, 0.25) is 5.02 Å². The molecule has 2 rings (SSSR count). The molecule has 1 saturated heterocycles. The van der Waals surface area contributed by atoms with Crippen molar-refractivity contribution in [2.75, 3.05) is 24.5 Å². The Morgan fingerprint density at radius 1 is 1.15 bits per heavy atom. The Kier molecular flexibility index (Phi) is 6.18. The molecule has 1 fully saturated rings. The SMILES string of the molecule is CC(C)CNCc1cccc(Cl)c1N1CCCCCC1. The van der Waals surface area contributed by atoms with Crippen LogP contribution in [0, 0.1) is 5.92 Å². The molecule has 0 aromatic heterocycles. The lowest BCUT2D eigenvalue weighted by Crippen LogP contribution is -2.27. The predicted molar refractivity (Wildman–Crippen MR) is 88.7 cm³/mol. The van der Waals surface area contributed by atoms with Gasteiger partial charge in [-0.3, -0.25) is 0 Å². The van der Waals surface area contributed by atoms with Crippen LogP contribution in [0.3, 0.4) is 0 Å². The number of nitrogens with zero attached hydrogens (tertiary/aromatic N) is 1. The van der Waals surface area contributed by atoms with Gasteiger partial charge in [0, 0.05) is 19.6 Å². The summed E-state index contributed by atoms with van der Waals surface area (Å²) in [6, 6.07) is 6.29. The van der Waals surface area contributed by atoms with E-state index in [1.807, 2.05) is 6.07 Å². The Morgan fingerprint density at radius 2 is 1.85 bits per heavy atom. The van der Waals surface area contributed by atoms with Crippen LogP contribution < -0.4 is 10.2 Å². The lowest BCUT2D eigenvalue weighted by Gasteiger charge is -2.27. The van der Waals surface area contributed by atoms with E-state index in [0.717, 1.165) is 31.2 Å². The van der Waals surface area contributed by atoms with E-state index >= 15 is 0 Å². The number of hydrogen-bond acceptors (Lipinski definition) is 2. The molecule has 3 heteroatoms. The number of anilines is 1. The molecule has 1 aromatic rings. The molecule has 1 aliphatic heterocycles. The van der Waals surface area contributed by atoms with Crippen molar-refractivity contribution < 1.29 is 0 Å². The Morgan fingerprint density at radius 3 is 2.50 bits per heavy atom. The number of nitrogens with one attached hydrogen (secondary N) is 1. The molecular weight excluding hydrogens is 268 g/mol. The van der Waals surface area contributed by atoms with Crippen molar-refractivity contribution in [1.82, 2.24) is 5.32 Å². The monoisotopic (exact) mass is 294 g/mol. The van der Waals surface area contributed by atoms with Crippen molar-refractivity contribution in [3.63, 3.8) is 0 Å². The Labute approximate surface area is 128 Å². The largest absolute Gasteiger partial charge is 0.370 e. The van der Waals surface area contributed by atoms with Crippen molar-refractivity contribution in [1.29, 1.82) is 0 Å². The molecule has 0 spiro atoms. The van der Waals surface area contributed by atoms with Crippen molar-refractivity contribution in [2.45, 2.75) is 46.1 Å². The highest BCUT2D eigenvalue weighted by Crippen LogP contribution is 2.31. The maximum Gasteiger partial charge on any atom is 0.0642 e. The van der Waals surface area contributed by atoms with Crippen LogP contribution in [0.15, 0.2) is 18.2 Å². The zero-order chi connectivity index (χ0) is 14.4. The molecule has 0 aliphatic carbocycles. The Hall–Kier alpha value is -0.730. The molecular formula is C17H27ClN2. The summed E-state index contributed by atoms with van der Waals surface area (Å²) in [5.74, 6) is 0.677. The van der Waals surface area contributed by atoms with E-state index in [9.17, 15) is 0 Å². The standard InChI is InChI=1S/C17H27ClN2/c1-14(2)12-19-13-15-8-7-9-16(18)17(15)20-10-5-3-4-6-11-20/h7-9,14,19H,3-6,10-13H2,1-2H3. The van der Waals surface area contributed by atoms with Gasteiger partial charge in [-0.25, -0.2) is 0 Å². The zero-order valence-electron chi connectivity index (χ0n) is 12.8. The third-order valence-electron chi connectivity index (χ3n) is 3.86. The van der Waals surface area contributed by atoms with Crippen LogP contribution in [-0.4, -0.2) is 19.6 Å². The van der Waals surface area contributed by atoms with E-state index < -0.39 is 0 Å². The number of para-hydroxylation sites is 1. The normalized spacial score (nSPS) is 16.5. The van der Waals surface area contributed by atoms with Crippen molar-refractivity contribution in [2.24, 2.45) is 5.92 Å². The molecule has 1 aromatic carbocycles. The van der Waals surface area contributed by atoms with E-state index in [1.165, 1.54) is 36.9 Å². The number of benzene rings is 1. The van der Waals surface area contributed by atoms with Gasteiger partial charge in [0.15, 0.2) is 0 Å². The molecule has 0 unspecified atom stereocenters. The summed E-state index contributed by atoms with van der Waals surface area (Å²) < 4.78 is 0. The van der Waals surface area contributed by atoms with E-state index in [2.05, 4.69) is 36.2 Å². The van der Waals surface area contributed by atoms with Gasteiger partial charge in [0.1, 0.15) is 0 Å². The predicted octanol–water partition coefficient (Wildman–Crippen LogP) is 4.47. The lowest BCUT2D eigenvalue weighted by molar-refractivity contribution is 0.552. The topological polar surface area (TPSA) is 15.3 Å². The average molecular weight is 295 g/mol. The summed E-state index contributed by atoms with van der Waals surface area (Å²) in [6.07, 6.45) is 5.26. The Balaban J connectivity index is 2.12. The van der Waals surface area contributed by atoms with Crippen LogP contribution in [-0.2, 0) is 6.54 Å². The molecule has 0 amide bonds. The quantitative estimate of drug-likeness (QED) is 0.862. The van der Waals surface area contributed by atoms with Gasteiger partial charge < -0.3 is 10.2 Å². The molecule has 20 heavy (non-hydrogen) atoms. The minimum Gasteiger partial charge on any atom is -0.370 e. The van der Waals surface area contributed by atoms with Gasteiger partial charge >= 0.3 is 0 Å². The molecule has 1 aliphatic rings. The molecule has 2 nitrogen and oxygen atoms in total. The van der Waals surface area contributed by atoms with Gasteiger partial charge in [-0.05, 0) is 36.9 Å². The second kappa shape index (κ2) is 7.90. The second-order valence-corrected chi connectivity index (χ2v) is 6.58. The minimum atomic E-state index is 0.677. The third kappa shape index (κ3) is 4.39. The van der Waals surface area contributed by atoms with E-state index in [4.69, 9.17) is 11.6 Å². The fourth-order valence-corrected chi connectivity index (χ4v) is 3.16. The van der Waals surface area contributed by atoms with Gasteiger partial charge in [-0.2, -0.15) is 0 Å². The summed E-state index contributed by atoms with van der Waals surface area (Å²) in [6.45, 7) is 8.71. The highest BCUT2D eigenvalue weighted by atomic mass is 35.5. The maximum absolute atomic E-state index is 6.49. The van der Waals surface area contributed by atoms with E-state index in [0.29, 0.717) is 5.92 Å². The number of hydrogen-bond donors (Lipinski definition) is 1. The lowest BCUT2D eigenvalue weighted by atomic mass is 10.1. The molecule has 112 valence electrons.